The number of allylic oxidation sites excluding steroid dienone is 4. The first kappa shape index (κ1) is 63.4. The third kappa shape index (κ3) is 102. The molecule has 0 saturated heterocycles. The predicted octanol–water partition coefficient (Wildman–Crippen LogP) is 5.74. The van der Waals surface area contributed by atoms with Gasteiger partial charge < -0.3 is 29.7 Å². The number of hydrogen-bond acceptors (Lipinski definition) is 0. The van der Waals surface area contributed by atoms with Crippen molar-refractivity contribution in [1.29, 1.82) is 0 Å². The predicted molar refractivity (Wildman–Crippen MR) is 92.3 cm³/mol. The average Bonchev–Trinajstić information content (AvgIpc) is 2.11. The largest absolute Gasteiger partial charge is 0.358 e. The zero-order valence-electron chi connectivity index (χ0n) is 12.2. The van der Waals surface area contributed by atoms with Crippen molar-refractivity contribution in [2.24, 2.45) is 0 Å². The molecule has 111 valence electrons. The van der Waals surface area contributed by atoms with Gasteiger partial charge in [-0.3, -0.25) is 6.08 Å². The average molecular weight is 356 g/mol. The molecule has 0 N–H and O–H groups in total. The molecular formula is C12H29Cl3SiTi-5. The van der Waals surface area contributed by atoms with E-state index >= 15 is 0 Å². The quantitative estimate of drug-likeness (QED) is 0.384. The molecule has 1 aliphatic rings. The fraction of sp³-hybridized carbons (Fsp3) is 0.333. The molecule has 1 radical (unpaired) electrons. The second-order valence-corrected chi connectivity index (χ2v) is 5.50. The Balaban J connectivity index is -0.00000000740. The molecule has 0 spiro atoms. The minimum absolute atomic E-state index is 0. The van der Waals surface area contributed by atoms with E-state index in [1.807, 2.05) is 12.2 Å². The first-order valence-corrected chi connectivity index (χ1v) is 6.22. The van der Waals surface area contributed by atoms with Gasteiger partial charge >= 0.3 is 0 Å². The van der Waals surface area contributed by atoms with E-state index in [0.29, 0.717) is 0 Å². The Bertz CT molecular complexity index is 106. The van der Waals surface area contributed by atoms with Crippen LogP contribution >= 0.6 is 37.2 Å². The van der Waals surface area contributed by atoms with Gasteiger partial charge in [-0.05, 0) is 0 Å². The summed E-state index contributed by atoms with van der Waals surface area (Å²) in [5.41, 5.74) is 0. The number of rotatable bonds is 0. The van der Waals surface area contributed by atoms with Crippen LogP contribution in [0.15, 0.2) is 18.2 Å². The summed E-state index contributed by atoms with van der Waals surface area (Å²) >= 11 is 0. The summed E-state index contributed by atoms with van der Waals surface area (Å²) < 4.78 is 0. The van der Waals surface area contributed by atoms with Crippen molar-refractivity contribution in [2.75, 3.05) is 0 Å². The second kappa shape index (κ2) is 53.2. The Morgan fingerprint density at radius 2 is 1.18 bits per heavy atom. The van der Waals surface area contributed by atoms with Crippen LogP contribution in [0.5, 0.6) is 0 Å². The third-order valence-corrected chi connectivity index (χ3v) is 0.586. The van der Waals surface area contributed by atoms with Crippen molar-refractivity contribution >= 4 is 46.0 Å². The van der Waals surface area contributed by atoms with Crippen LogP contribution in [0.3, 0.4) is 0 Å². The van der Waals surface area contributed by atoms with Crippen LogP contribution in [0.25, 0.3) is 0 Å². The van der Waals surface area contributed by atoms with Gasteiger partial charge in [0.25, 0.3) is 0 Å². The van der Waals surface area contributed by atoms with Crippen LogP contribution < -0.4 is 0 Å². The molecule has 0 unspecified atom stereocenters. The van der Waals surface area contributed by atoms with Crippen LogP contribution in [-0.4, -0.2) is 8.80 Å². The minimum Gasteiger partial charge on any atom is -0.358 e. The molecule has 1 aliphatic carbocycles. The van der Waals surface area contributed by atoms with Crippen molar-refractivity contribution in [3.63, 3.8) is 0 Å². The fourth-order valence-electron chi connectivity index (χ4n) is 0.340. The molecule has 0 fully saturated rings. The Morgan fingerprint density at radius 1 is 0.882 bits per heavy atom. The van der Waals surface area contributed by atoms with Gasteiger partial charge in [-0.1, -0.05) is 19.6 Å². The van der Waals surface area contributed by atoms with Gasteiger partial charge in [0, 0.05) is 30.5 Å². The summed E-state index contributed by atoms with van der Waals surface area (Å²) in [5, 5.41) is 0. The van der Waals surface area contributed by atoms with Crippen LogP contribution in [0.2, 0.25) is 19.6 Å². The van der Waals surface area contributed by atoms with E-state index < -0.39 is 0 Å². The maximum atomic E-state index is 2.99. The van der Waals surface area contributed by atoms with Gasteiger partial charge in [0.2, 0.25) is 0 Å². The van der Waals surface area contributed by atoms with Gasteiger partial charge in [0.05, 0.1) is 0 Å². The normalized spacial score (nSPS) is 7.29. The summed E-state index contributed by atoms with van der Waals surface area (Å²) in [4.78, 5) is 0. The Morgan fingerprint density at radius 3 is 1.24 bits per heavy atom. The van der Waals surface area contributed by atoms with Gasteiger partial charge in [-0.25, -0.2) is 12.2 Å². The van der Waals surface area contributed by atoms with Crippen molar-refractivity contribution in [3.8, 4) is 0 Å². The molecule has 17 heavy (non-hydrogen) atoms. The summed E-state index contributed by atoms with van der Waals surface area (Å²) in [6, 6.07) is 0. The minimum atomic E-state index is 0. The molecule has 0 heterocycles. The third-order valence-electron chi connectivity index (χ3n) is 0.586. The molecule has 1 rings (SSSR count). The van der Waals surface area contributed by atoms with Crippen LogP contribution in [0, 0.1) is 35.8 Å². The van der Waals surface area contributed by atoms with Gasteiger partial charge in [-0.15, -0.1) is 43.6 Å². The topological polar surface area (TPSA) is 0 Å². The van der Waals surface area contributed by atoms with E-state index in [0.717, 1.165) is 6.42 Å². The maximum absolute atomic E-state index is 2.99. The zero-order valence-corrected chi connectivity index (χ0v) is 17.2. The Labute approximate surface area is 147 Å². The van der Waals surface area contributed by atoms with Gasteiger partial charge in [-0.2, -0.15) is 6.08 Å². The first-order valence-electron chi connectivity index (χ1n) is 3.22. The van der Waals surface area contributed by atoms with Crippen LogP contribution in [0.4, 0.5) is 0 Å². The SMILES string of the molecule is C[Si](C)C.Cl.Cl.Cl.[C-]1=CC=CC1.[CH3-].[CH3-].[CH3-].[CH3-].[Ti]. The van der Waals surface area contributed by atoms with Gasteiger partial charge in [0.15, 0.2) is 0 Å². The fourth-order valence-corrected chi connectivity index (χ4v) is 0.340. The van der Waals surface area contributed by atoms with Crippen molar-refractivity contribution in [1.82, 2.24) is 0 Å². The molecule has 0 bridgehead atoms. The number of hydrogen-bond donors (Lipinski definition) is 0. The Hall–Kier alpha value is 1.28. The van der Waals surface area contributed by atoms with E-state index in [1.54, 1.807) is 0 Å². The Kier molecular flexibility index (Phi) is 198. The van der Waals surface area contributed by atoms with E-state index in [9.17, 15) is 0 Å². The smallest absolute Gasteiger partial charge is 0.0379 e. The van der Waals surface area contributed by atoms with E-state index in [4.69, 9.17) is 0 Å². The molecule has 0 aromatic carbocycles. The summed E-state index contributed by atoms with van der Waals surface area (Å²) in [7, 11) is 0.120. The summed E-state index contributed by atoms with van der Waals surface area (Å²) in [6.45, 7) is 6.81. The summed E-state index contributed by atoms with van der Waals surface area (Å²) in [6.07, 6.45) is 10.0. The van der Waals surface area contributed by atoms with E-state index in [2.05, 4.69) is 31.8 Å². The van der Waals surface area contributed by atoms with Gasteiger partial charge in [0.1, 0.15) is 0 Å². The molecule has 0 aromatic heterocycles. The molecule has 5 heteroatoms. The van der Waals surface area contributed by atoms with Crippen molar-refractivity contribution in [3.05, 3.63) is 54.0 Å². The monoisotopic (exact) mass is 354 g/mol. The standard InChI is InChI=1S/C5H5.C3H9Si.4CH3.3ClH.Ti/c1-2-4-5-3-1;1-4(2)3;;;;;;;;/h1-3H,4H2;1-3H3;4*1H3;3*1H;/q-1;;4*-1;;;;. The first-order chi connectivity index (χ1) is 4.23. The van der Waals surface area contributed by atoms with E-state index in [1.165, 1.54) is 0 Å². The molecule has 0 nitrogen and oxygen atoms in total. The molecule has 0 aliphatic heterocycles. The molecule has 0 amide bonds. The van der Waals surface area contributed by atoms with Crippen LogP contribution in [0.1, 0.15) is 6.42 Å². The number of halogens is 3. The second-order valence-electron chi connectivity index (χ2n) is 2.50. The van der Waals surface area contributed by atoms with Crippen molar-refractivity contribution in [2.45, 2.75) is 26.1 Å². The molecule has 0 atom stereocenters. The van der Waals surface area contributed by atoms with Crippen molar-refractivity contribution < 1.29 is 21.7 Å². The zero-order chi connectivity index (χ0) is 7.11. The summed E-state index contributed by atoms with van der Waals surface area (Å²) in [5.74, 6) is 0. The van der Waals surface area contributed by atoms with E-state index in [-0.39, 0.29) is 97.4 Å². The molecular weight excluding hydrogens is 326 g/mol. The molecule has 0 saturated carbocycles. The van der Waals surface area contributed by atoms with Crippen LogP contribution in [-0.2, 0) is 21.7 Å². The maximum Gasteiger partial charge on any atom is 0.0379 e. The molecule has 0 aromatic rings.